The van der Waals surface area contributed by atoms with Gasteiger partial charge >= 0.3 is 0 Å². The summed E-state index contributed by atoms with van der Waals surface area (Å²) >= 11 is 1.54. The smallest absolute Gasteiger partial charge is 0.0926 e. The van der Waals surface area contributed by atoms with Crippen LogP contribution in [0.25, 0.3) is 0 Å². The van der Waals surface area contributed by atoms with E-state index in [0.29, 0.717) is 0 Å². The molecule has 3 nitrogen and oxygen atoms in total. The van der Waals surface area contributed by atoms with E-state index in [-0.39, 0.29) is 12.6 Å². The zero-order valence-corrected chi connectivity index (χ0v) is 9.87. The van der Waals surface area contributed by atoms with Crippen LogP contribution in [0.1, 0.15) is 17.3 Å². The van der Waals surface area contributed by atoms with Crippen LogP contribution in [0, 0.1) is 6.92 Å². The van der Waals surface area contributed by atoms with Gasteiger partial charge in [-0.15, -0.1) is 11.3 Å². The topological polar surface area (TPSA) is 45.1 Å². The van der Waals surface area contributed by atoms with Crippen LogP contribution in [-0.2, 0) is 0 Å². The number of aliphatic hydroxyl groups is 1. The molecule has 4 heteroatoms. The Morgan fingerprint density at radius 1 is 1.44 bits per heavy atom. The lowest BCUT2D eigenvalue weighted by atomic mass is 10.1. The summed E-state index contributed by atoms with van der Waals surface area (Å²) in [6.07, 6.45) is 0. The van der Waals surface area contributed by atoms with Gasteiger partial charge in [-0.2, -0.15) is 0 Å². The Kier molecular flexibility index (Phi) is 3.54. The molecule has 0 amide bonds. The van der Waals surface area contributed by atoms with E-state index in [9.17, 15) is 5.11 Å². The van der Waals surface area contributed by atoms with Crippen LogP contribution in [0.4, 0.5) is 5.69 Å². The maximum absolute atomic E-state index is 9.35. The fourth-order valence-corrected chi connectivity index (χ4v) is 2.14. The number of anilines is 1. The number of hydrogen-bond donors (Lipinski definition) is 2. The van der Waals surface area contributed by atoms with Crippen LogP contribution in [0.3, 0.4) is 0 Å². The zero-order chi connectivity index (χ0) is 11.4. The fourth-order valence-electron chi connectivity index (χ4n) is 1.53. The van der Waals surface area contributed by atoms with Crippen LogP contribution in [0.2, 0.25) is 0 Å². The second-order valence-electron chi connectivity index (χ2n) is 3.61. The van der Waals surface area contributed by atoms with Crippen molar-refractivity contribution in [3.63, 3.8) is 0 Å². The Morgan fingerprint density at radius 2 is 2.25 bits per heavy atom. The first kappa shape index (κ1) is 11.1. The summed E-state index contributed by atoms with van der Waals surface area (Å²) in [5, 5.41) is 14.6. The lowest BCUT2D eigenvalue weighted by molar-refractivity contribution is 0.274. The number of aromatic nitrogens is 1. The Labute approximate surface area is 98.8 Å². The van der Waals surface area contributed by atoms with E-state index in [1.807, 2.05) is 36.6 Å². The first-order valence-electron chi connectivity index (χ1n) is 5.12. The molecule has 0 saturated carbocycles. The van der Waals surface area contributed by atoms with Crippen molar-refractivity contribution >= 4 is 17.0 Å². The number of benzene rings is 1. The van der Waals surface area contributed by atoms with Gasteiger partial charge < -0.3 is 10.4 Å². The molecule has 1 aromatic carbocycles. The molecule has 0 radical (unpaired) electrons. The highest BCUT2D eigenvalue weighted by atomic mass is 32.1. The van der Waals surface area contributed by atoms with Gasteiger partial charge in [0.15, 0.2) is 0 Å². The molecular formula is C12H14N2OS. The SMILES string of the molecule is Cc1ccccc1NC(CO)c1cscn1. The van der Waals surface area contributed by atoms with E-state index >= 15 is 0 Å². The maximum Gasteiger partial charge on any atom is 0.0926 e. The molecule has 1 atom stereocenters. The number of nitrogens with one attached hydrogen (secondary N) is 1. The molecule has 0 aliphatic rings. The van der Waals surface area contributed by atoms with Crippen molar-refractivity contribution in [1.29, 1.82) is 0 Å². The Hall–Kier alpha value is -1.39. The first-order chi connectivity index (χ1) is 7.81. The molecule has 0 aliphatic heterocycles. The number of rotatable bonds is 4. The third-order valence-corrected chi connectivity index (χ3v) is 3.07. The van der Waals surface area contributed by atoms with E-state index in [2.05, 4.69) is 10.3 Å². The van der Waals surface area contributed by atoms with E-state index in [0.717, 1.165) is 16.9 Å². The van der Waals surface area contributed by atoms with Gasteiger partial charge in [0.05, 0.1) is 23.9 Å². The predicted octanol–water partition coefficient (Wildman–Crippen LogP) is 2.60. The van der Waals surface area contributed by atoms with E-state index in [1.165, 1.54) is 11.3 Å². The van der Waals surface area contributed by atoms with Crippen LogP contribution < -0.4 is 5.32 Å². The van der Waals surface area contributed by atoms with Crippen molar-refractivity contribution in [3.05, 3.63) is 46.4 Å². The molecule has 0 aliphatic carbocycles. The molecule has 2 aromatic rings. The quantitative estimate of drug-likeness (QED) is 0.854. The normalized spacial score (nSPS) is 12.4. The molecule has 0 fully saturated rings. The minimum absolute atomic E-state index is 0.0397. The predicted molar refractivity (Wildman–Crippen MR) is 66.7 cm³/mol. The molecule has 0 saturated heterocycles. The largest absolute Gasteiger partial charge is 0.394 e. The number of aryl methyl sites for hydroxylation is 1. The van der Waals surface area contributed by atoms with Crippen LogP contribution in [0.15, 0.2) is 35.2 Å². The van der Waals surface area contributed by atoms with Gasteiger partial charge in [0.25, 0.3) is 0 Å². The second kappa shape index (κ2) is 5.09. The third kappa shape index (κ3) is 2.40. The number of thiazole rings is 1. The van der Waals surface area contributed by atoms with Gasteiger partial charge in [0.1, 0.15) is 0 Å². The average Bonchev–Trinajstić information content (AvgIpc) is 2.81. The van der Waals surface area contributed by atoms with E-state index < -0.39 is 0 Å². The summed E-state index contributed by atoms with van der Waals surface area (Å²) in [6.45, 7) is 2.08. The molecule has 0 spiro atoms. The minimum atomic E-state index is -0.132. The van der Waals surface area contributed by atoms with Crippen molar-refractivity contribution in [2.45, 2.75) is 13.0 Å². The van der Waals surface area contributed by atoms with Crippen LogP contribution >= 0.6 is 11.3 Å². The highest BCUT2D eigenvalue weighted by Crippen LogP contribution is 2.21. The van der Waals surface area contributed by atoms with Gasteiger partial charge in [-0.05, 0) is 18.6 Å². The van der Waals surface area contributed by atoms with Gasteiger partial charge in [-0.1, -0.05) is 18.2 Å². The molecule has 0 bridgehead atoms. The average molecular weight is 234 g/mol. The van der Waals surface area contributed by atoms with Gasteiger partial charge in [0.2, 0.25) is 0 Å². The van der Waals surface area contributed by atoms with Gasteiger partial charge in [0, 0.05) is 11.1 Å². The number of para-hydroxylation sites is 1. The highest BCUT2D eigenvalue weighted by Gasteiger charge is 2.12. The van der Waals surface area contributed by atoms with Crippen molar-refractivity contribution in [1.82, 2.24) is 4.98 Å². The lowest BCUT2D eigenvalue weighted by Gasteiger charge is -2.17. The van der Waals surface area contributed by atoms with Crippen molar-refractivity contribution < 1.29 is 5.11 Å². The zero-order valence-electron chi connectivity index (χ0n) is 9.05. The van der Waals surface area contributed by atoms with Gasteiger partial charge in [-0.25, -0.2) is 4.98 Å². The maximum atomic E-state index is 9.35. The molecule has 2 N–H and O–H groups in total. The monoisotopic (exact) mass is 234 g/mol. The Morgan fingerprint density at radius 3 is 2.88 bits per heavy atom. The fraction of sp³-hybridized carbons (Fsp3) is 0.250. The third-order valence-electron chi connectivity index (χ3n) is 2.47. The number of hydrogen-bond acceptors (Lipinski definition) is 4. The molecule has 84 valence electrons. The van der Waals surface area contributed by atoms with Crippen molar-refractivity contribution in [2.75, 3.05) is 11.9 Å². The van der Waals surface area contributed by atoms with E-state index in [4.69, 9.17) is 0 Å². The minimum Gasteiger partial charge on any atom is -0.394 e. The van der Waals surface area contributed by atoms with Crippen LogP contribution in [0.5, 0.6) is 0 Å². The van der Waals surface area contributed by atoms with Gasteiger partial charge in [-0.3, -0.25) is 0 Å². The molecule has 1 aromatic heterocycles. The lowest BCUT2D eigenvalue weighted by Crippen LogP contribution is -2.15. The van der Waals surface area contributed by atoms with Crippen molar-refractivity contribution in [3.8, 4) is 0 Å². The number of nitrogens with zero attached hydrogens (tertiary/aromatic N) is 1. The van der Waals surface area contributed by atoms with Crippen LogP contribution in [-0.4, -0.2) is 16.7 Å². The molecule has 16 heavy (non-hydrogen) atoms. The summed E-state index contributed by atoms with van der Waals surface area (Å²) in [5.41, 5.74) is 4.86. The summed E-state index contributed by atoms with van der Waals surface area (Å²) in [5.74, 6) is 0. The Balaban J connectivity index is 2.17. The second-order valence-corrected chi connectivity index (χ2v) is 4.33. The summed E-state index contributed by atoms with van der Waals surface area (Å²) < 4.78 is 0. The molecular weight excluding hydrogens is 220 g/mol. The number of aliphatic hydroxyl groups excluding tert-OH is 1. The highest BCUT2D eigenvalue weighted by molar-refractivity contribution is 7.07. The van der Waals surface area contributed by atoms with E-state index in [1.54, 1.807) is 5.51 Å². The Bertz CT molecular complexity index is 442. The summed E-state index contributed by atoms with van der Waals surface area (Å²) in [4.78, 5) is 4.21. The summed E-state index contributed by atoms with van der Waals surface area (Å²) in [7, 11) is 0. The molecule has 2 rings (SSSR count). The van der Waals surface area contributed by atoms with Crippen molar-refractivity contribution in [2.24, 2.45) is 0 Å². The first-order valence-corrected chi connectivity index (χ1v) is 6.06. The molecule has 1 heterocycles. The molecule has 1 unspecified atom stereocenters. The summed E-state index contributed by atoms with van der Waals surface area (Å²) in [6, 6.07) is 7.89. The standard InChI is InChI=1S/C12H14N2OS/c1-9-4-2-3-5-10(9)14-11(6-15)12-7-16-8-13-12/h2-5,7-8,11,14-15H,6H2,1H3.